The van der Waals surface area contributed by atoms with E-state index < -0.39 is 22.8 Å². The molecule has 0 saturated carbocycles. The molecule has 0 spiro atoms. The third-order valence-corrected chi connectivity index (χ3v) is 4.34. The van der Waals surface area contributed by atoms with Crippen LogP contribution in [-0.4, -0.2) is 19.8 Å². The molecule has 0 fully saturated rings. The predicted molar refractivity (Wildman–Crippen MR) is 83.6 cm³/mol. The van der Waals surface area contributed by atoms with Gasteiger partial charge in [-0.25, -0.2) is 14.2 Å². The maximum Gasteiger partial charge on any atom is 0.354 e. The average Bonchev–Trinajstić information content (AvgIpc) is 2.79. The maximum atomic E-state index is 13.0. The van der Waals surface area contributed by atoms with Gasteiger partial charge in [-0.1, -0.05) is 60.7 Å². The van der Waals surface area contributed by atoms with Gasteiger partial charge < -0.3 is 0 Å². The first-order chi connectivity index (χ1) is 11.1. The van der Waals surface area contributed by atoms with Gasteiger partial charge in [0.05, 0.1) is 0 Å². The molecule has 6 heteroatoms. The molecule has 1 aliphatic rings. The van der Waals surface area contributed by atoms with Crippen molar-refractivity contribution in [1.29, 1.82) is 0 Å². The summed E-state index contributed by atoms with van der Waals surface area (Å²) in [6.45, 7) is 0. The number of benzene rings is 2. The molecular formula is C17H13N3O3. The summed E-state index contributed by atoms with van der Waals surface area (Å²) < 4.78 is 3.09. The summed E-state index contributed by atoms with van der Waals surface area (Å²) in [4.78, 5) is 37.6. The third kappa shape index (κ3) is 1.45. The van der Waals surface area contributed by atoms with Crippen LogP contribution < -0.4 is 11.4 Å². The van der Waals surface area contributed by atoms with E-state index in [9.17, 15) is 14.4 Å². The molecule has 3 aromatic rings. The van der Waals surface area contributed by atoms with E-state index in [1.54, 1.807) is 24.3 Å². The predicted octanol–water partition coefficient (Wildman–Crippen LogP) is 0.794. The molecule has 0 unspecified atom stereocenters. The Hall–Kier alpha value is -3.15. The Morgan fingerprint density at radius 2 is 1.22 bits per heavy atom. The normalized spacial score (nSPS) is 15.1. The van der Waals surface area contributed by atoms with E-state index in [0.29, 0.717) is 11.1 Å². The first kappa shape index (κ1) is 13.5. The van der Waals surface area contributed by atoms with Crippen LogP contribution in [0.15, 0.2) is 70.3 Å². The molecule has 0 N–H and O–H groups in total. The van der Waals surface area contributed by atoms with E-state index in [0.717, 1.165) is 9.25 Å². The number of carbonyl (C=O) groups excluding carboxylic acids is 1. The number of rotatable bonds is 2. The zero-order valence-corrected chi connectivity index (χ0v) is 12.3. The van der Waals surface area contributed by atoms with Gasteiger partial charge in [0.1, 0.15) is 0 Å². The lowest BCUT2D eigenvalue weighted by molar-refractivity contribution is 0.0551. The minimum atomic E-state index is -1.29. The molecule has 0 saturated heterocycles. The summed E-state index contributed by atoms with van der Waals surface area (Å²) in [6, 6.07) is 18.1. The lowest BCUT2D eigenvalue weighted by atomic mass is 9.79. The van der Waals surface area contributed by atoms with E-state index in [2.05, 4.69) is 0 Å². The Morgan fingerprint density at radius 3 is 1.70 bits per heavy atom. The van der Waals surface area contributed by atoms with Crippen LogP contribution in [-0.2, 0) is 12.6 Å². The quantitative estimate of drug-likeness (QED) is 0.703. The van der Waals surface area contributed by atoms with Crippen molar-refractivity contribution in [3.05, 3.63) is 92.8 Å². The Balaban J connectivity index is 2.16. The second kappa shape index (κ2) is 4.42. The van der Waals surface area contributed by atoms with E-state index in [4.69, 9.17) is 0 Å². The van der Waals surface area contributed by atoms with Gasteiger partial charge in [0.15, 0.2) is 5.54 Å². The number of fused-ring (bicyclic) bond motifs is 1. The van der Waals surface area contributed by atoms with Crippen LogP contribution in [0.5, 0.6) is 0 Å². The molecule has 0 aliphatic carbocycles. The summed E-state index contributed by atoms with van der Waals surface area (Å²) in [7, 11) is 1.37. The minimum absolute atomic E-state index is 0.419. The van der Waals surface area contributed by atoms with Crippen molar-refractivity contribution in [3.63, 3.8) is 0 Å². The zero-order valence-electron chi connectivity index (χ0n) is 12.3. The molecule has 6 nitrogen and oxygen atoms in total. The van der Waals surface area contributed by atoms with Crippen LogP contribution in [0.1, 0.15) is 15.9 Å². The molecule has 0 atom stereocenters. The molecule has 0 radical (unpaired) electrons. The highest BCUT2D eigenvalue weighted by molar-refractivity contribution is 5.97. The third-order valence-electron chi connectivity index (χ3n) is 4.34. The number of aromatic nitrogens is 3. The van der Waals surface area contributed by atoms with Gasteiger partial charge in [0, 0.05) is 7.05 Å². The molecule has 4 rings (SSSR count). The van der Waals surface area contributed by atoms with Gasteiger partial charge in [-0.15, -0.1) is 0 Å². The van der Waals surface area contributed by atoms with E-state index >= 15 is 0 Å². The first-order valence-electron chi connectivity index (χ1n) is 7.17. The number of carbonyl (C=O) groups is 1. The Labute approximate surface area is 130 Å². The standard InChI is InChI=1S/C17H13N3O3/c1-18-15(22)19-14(21)17(20(19)16(18)23,12-8-4-2-5-9-12)13-10-6-3-7-11-13/h2-11H,1H3. The SMILES string of the molecule is Cn1c(=O)n2n(c1=O)C(c1ccccc1)(c1ccccc1)C2=O. The highest BCUT2D eigenvalue weighted by Crippen LogP contribution is 2.39. The van der Waals surface area contributed by atoms with Crippen molar-refractivity contribution in [1.82, 2.24) is 13.9 Å². The molecule has 0 bridgehead atoms. The van der Waals surface area contributed by atoms with Crippen molar-refractivity contribution in [3.8, 4) is 0 Å². The van der Waals surface area contributed by atoms with E-state index in [1.807, 2.05) is 36.4 Å². The van der Waals surface area contributed by atoms with Crippen molar-refractivity contribution >= 4 is 5.91 Å². The highest BCUT2D eigenvalue weighted by Gasteiger charge is 2.57. The summed E-state index contributed by atoms with van der Waals surface area (Å²) in [6.07, 6.45) is 0. The van der Waals surface area contributed by atoms with Gasteiger partial charge in [-0.05, 0) is 11.1 Å². The number of nitrogens with zero attached hydrogens (tertiary/aromatic N) is 3. The van der Waals surface area contributed by atoms with Crippen LogP contribution in [0.25, 0.3) is 0 Å². The van der Waals surface area contributed by atoms with Gasteiger partial charge in [0.2, 0.25) is 0 Å². The molecule has 114 valence electrons. The summed E-state index contributed by atoms with van der Waals surface area (Å²) in [5.74, 6) is -0.419. The Kier molecular flexibility index (Phi) is 2.60. The van der Waals surface area contributed by atoms with Crippen molar-refractivity contribution in [2.24, 2.45) is 7.05 Å². The monoisotopic (exact) mass is 307 g/mol. The highest BCUT2D eigenvalue weighted by atomic mass is 16.2. The fourth-order valence-corrected chi connectivity index (χ4v) is 3.22. The molecule has 0 amide bonds. The fraction of sp³-hybridized carbons (Fsp3) is 0.118. The molecule has 2 aromatic carbocycles. The maximum absolute atomic E-state index is 13.0. The largest absolute Gasteiger partial charge is 0.354 e. The van der Waals surface area contributed by atoms with Gasteiger partial charge in [0.25, 0.3) is 5.91 Å². The second-order valence-electron chi connectivity index (χ2n) is 5.50. The second-order valence-corrected chi connectivity index (χ2v) is 5.50. The lowest BCUT2D eigenvalue weighted by Gasteiger charge is -2.41. The smallest absolute Gasteiger partial charge is 0.269 e. The molecular weight excluding hydrogens is 294 g/mol. The first-order valence-corrected chi connectivity index (χ1v) is 7.17. The van der Waals surface area contributed by atoms with Crippen LogP contribution >= 0.6 is 0 Å². The fourth-order valence-electron chi connectivity index (χ4n) is 3.22. The van der Waals surface area contributed by atoms with E-state index in [1.165, 1.54) is 11.7 Å². The van der Waals surface area contributed by atoms with Crippen molar-refractivity contribution in [2.45, 2.75) is 5.54 Å². The van der Waals surface area contributed by atoms with Crippen molar-refractivity contribution < 1.29 is 4.79 Å². The van der Waals surface area contributed by atoms with Crippen LogP contribution in [0.2, 0.25) is 0 Å². The molecule has 23 heavy (non-hydrogen) atoms. The van der Waals surface area contributed by atoms with Gasteiger partial charge >= 0.3 is 11.4 Å². The summed E-state index contributed by atoms with van der Waals surface area (Å²) in [5.41, 5.74) is -1.11. The van der Waals surface area contributed by atoms with Gasteiger partial charge in [-0.3, -0.25) is 4.79 Å². The Bertz CT molecular complexity index is 987. The number of hydrogen-bond donors (Lipinski definition) is 0. The Morgan fingerprint density at radius 1 is 0.739 bits per heavy atom. The van der Waals surface area contributed by atoms with Crippen LogP contribution in [0, 0.1) is 0 Å². The zero-order chi connectivity index (χ0) is 16.2. The average molecular weight is 307 g/mol. The summed E-state index contributed by atoms with van der Waals surface area (Å²) in [5, 5.41) is 0. The summed E-state index contributed by atoms with van der Waals surface area (Å²) >= 11 is 0. The lowest BCUT2D eigenvalue weighted by Crippen LogP contribution is -2.65. The number of hydrogen-bond acceptors (Lipinski definition) is 3. The topological polar surface area (TPSA) is 66.0 Å². The van der Waals surface area contributed by atoms with Gasteiger partial charge in [-0.2, -0.15) is 9.36 Å². The molecule has 2 heterocycles. The molecule has 1 aromatic heterocycles. The molecule has 1 aliphatic heterocycles. The van der Waals surface area contributed by atoms with Crippen molar-refractivity contribution in [2.75, 3.05) is 0 Å². The van der Waals surface area contributed by atoms with E-state index in [-0.39, 0.29) is 0 Å². The van der Waals surface area contributed by atoms with Crippen LogP contribution in [0.4, 0.5) is 0 Å². The minimum Gasteiger partial charge on any atom is -0.269 e. The van der Waals surface area contributed by atoms with Crippen LogP contribution in [0.3, 0.4) is 0 Å².